The second-order valence-corrected chi connectivity index (χ2v) is 11.6. The third kappa shape index (κ3) is 7.88. The van der Waals surface area contributed by atoms with Crippen molar-refractivity contribution < 1.29 is 19.1 Å². The van der Waals surface area contributed by atoms with Crippen molar-refractivity contribution in [3.05, 3.63) is 122 Å². The van der Waals surface area contributed by atoms with Crippen LogP contribution in [-0.4, -0.2) is 36.3 Å². The van der Waals surface area contributed by atoms with Gasteiger partial charge in [-0.3, -0.25) is 14.4 Å². The summed E-state index contributed by atoms with van der Waals surface area (Å²) in [6.45, 7) is 1.72. The molecule has 0 radical (unpaired) electrons. The van der Waals surface area contributed by atoms with E-state index in [1.54, 1.807) is 61.0 Å². The molecule has 0 aliphatic heterocycles. The summed E-state index contributed by atoms with van der Waals surface area (Å²) < 4.78 is 6.08. The van der Waals surface area contributed by atoms with E-state index < -0.39 is 5.91 Å². The van der Waals surface area contributed by atoms with Gasteiger partial charge in [0.15, 0.2) is 0 Å². The molecule has 5 aromatic rings. The molecular weight excluding hydrogens is 631 g/mol. The molecule has 2 heterocycles. The Labute approximate surface area is 274 Å². The Balaban J connectivity index is 1.16. The lowest BCUT2D eigenvalue weighted by Gasteiger charge is -2.21. The van der Waals surface area contributed by atoms with Crippen LogP contribution in [0.4, 0.5) is 11.4 Å². The Morgan fingerprint density at radius 3 is 2.56 bits per heavy atom. The van der Waals surface area contributed by atoms with Crippen LogP contribution in [0.25, 0.3) is 17.0 Å². The Kier molecular flexibility index (Phi) is 10.1. The molecule has 0 unspecified atom stereocenters. The monoisotopic (exact) mass is 658 g/mol. The molecule has 0 saturated carbocycles. The van der Waals surface area contributed by atoms with Crippen molar-refractivity contribution in [3.63, 3.8) is 0 Å². The lowest BCUT2D eigenvalue weighted by Crippen LogP contribution is -2.37. The zero-order valence-electron chi connectivity index (χ0n) is 24.3. The van der Waals surface area contributed by atoms with E-state index in [2.05, 4.69) is 15.6 Å². The van der Waals surface area contributed by atoms with Crippen LogP contribution in [0.15, 0.2) is 89.6 Å². The third-order valence-corrected chi connectivity index (χ3v) is 8.35. The summed E-state index contributed by atoms with van der Waals surface area (Å²) in [7, 11) is 1.57. The van der Waals surface area contributed by atoms with E-state index in [9.17, 15) is 14.4 Å². The molecule has 0 bridgehead atoms. The number of likely N-dealkylation sites (N-methyl/N-ethyl adjacent to an activating group) is 1. The topological polar surface area (TPSA) is 101 Å². The van der Waals surface area contributed by atoms with Crippen molar-refractivity contribution in [1.82, 2.24) is 10.3 Å². The van der Waals surface area contributed by atoms with E-state index in [0.29, 0.717) is 33.3 Å². The number of ether oxygens (including phenoxy) is 1. The molecule has 0 saturated heterocycles. The van der Waals surface area contributed by atoms with Gasteiger partial charge in [0.25, 0.3) is 5.91 Å². The molecule has 228 valence electrons. The highest BCUT2D eigenvalue weighted by molar-refractivity contribution is 7.08. The van der Waals surface area contributed by atoms with Gasteiger partial charge in [0.05, 0.1) is 22.8 Å². The molecule has 2 N–H and O–H groups in total. The highest BCUT2D eigenvalue weighted by Crippen LogP contribution is 2.35. The standard InChI is InChI=1S/C34H28Cl2N4O4S/c1-21-6-10-23-4-3-5-29(33(23)38-21)44-19-26-27(35)13-14-28(32(26)36)40(2)31(42)18-37-30(41)15-9-22-7-11-25(12-8-22)39-34(43)24-16-17-45-20-24/h3-17,20H,18-19H2,1-2H3,(H,37,41)(H,39,43)/b15-9+. The molecule has 8 nitrogen and oxygen atoms in total. The first-order chi connectivity index (χ1) is 21.7. The SMILES string of the molecule is Cc1ccc2cccc(OCc3c(Cl)ccc(N(C)C(=O)CNC(=O)/C=C/c4ccc(NC(=O)c5ccsc5)cc4)c3Cl)c2n1. The number of fused-ring (bicyclic) bond motifs is 1. The average molecular weight is 660 g/mol. The van der Waals surface area contributed by atoms with Crippen LogP contribution in [0, 0.1) is 6.92 Å². The Morgan fingerprint density at radius 1 is 1.00 bits per heavy atom. The number of carbonyl (C=O) groups excluding carboxylic acids is 3. The minimum absolute atomic E-state index is 0.0613. The first kappa shape index (κ1) is 31.7. The van der Waals surface area contributed by atoms with Gasteiger partial charge in [-0.2, -0.15) is 11.3 Å². The zero-order valence-corrected chi connectivity index (χ0v) is 26.7. The van der Waals surface area contributed by atoms with E-state index in [4.69, 9.17) is 27.9 Å². The van der Waals surface area contributed by atoms with E-state index in [1.807, 2.05) is 42.6 Å². The maximum absolute atomic E-state index is 13.0. The summed E-state index contributed by atoms with van der Waals surface area (Å²) in [4.78, 5) is 43.5. The predicted molar refractivity (Wildman–Crippen MR) is 181 cm³/mol. The molecule has 0 aliphatic rings. The number of aromatic nitrogens is 1. The van der Waals surface area contributed by atoms with Gasteiger partial charge in [0.2, 0.25) is 11.8 Å². The summed E-state index contributed by atoms with van der Waals surface area (Å²) in [5.41, 5.74) is 4.52. The third-order valence-electron chi connectivity index (χ3n) is 6.89. The Bertz CT molecular complexity index is 1890. The van der Waals surface area contributed by atoms with Crippen molar-refractivity contribution in [2.45, 2.75) is 13.5 Å². The molecule has 0 atom stereocenters. The number of pyridine rings is 1. The number of rotatable bonds is 10. The number of nitrogens with zero attached hydrogens (tertiary/aromatic N) is 2. The molecule has 45 heavy (non-hydrogen) atoms. The highest BCUT2D eigenvalue weighted by Gasteiger charge is 2.19. The van der Waals surface area contributed by atoms with Gasteiger partial charge in [-0.15, -0.1) is 0 Å². The maximum atomic E-state index is 13.0. The minimum atomic E-state index is -0.443. The lowest BCUT2D eigenvalue weighted by atomic mass is 10.1. The van der Waals surface area contributed by atoms with Crippen LogP contribution < -0.4 is 20.3 Å². The number of halogens is 2. The molecule has 0 spiro atoms. The summed E-state index contributed by atoms with van der Waals surface area (Å²) in [5, 5.41) is 10.6. The van der Waals surface area contributed by atoms with Crippen molar-refractivity contribution in [2.24, 2.45) is 0 Å². The van der Waals surface area contributed by atoms with Gasteiger partial charge in [-0.05, 0) is 66.4 Å². The molecular formula is C34H28Cl2N4O4S. The van der Waals surface area contributed by atoms with Gasteiger partial charge in [-0.1, -0.05) is 53.5 Å². The van der Waals surface area contributed by atoms with Gasteiger partial charge >= 0.3 is 0 Å². The Morgan fingerprint density at radius 2 is 1.80 bits per heavy atom. The molecule has 5 rings (SSSR count). The number of amides is 3. The van der Waals surface area contributed by atoms with E-state index in [-0.39, 0.29) is 30.0 Å². The molecule has 3 aromatic carbocycles. The Hall–Kier alpha value is -4.70. The number of anilines is 2. The van der Waals surface area contributed by atoms with Crippen LogP contribution in [0.3, 0.4) is 0 Å². The van der Waals surface area contributed by atoms with Gasteiger partial charge in [-0.25, -0.2) is 4.98 Å². The van der Waals surface area contributed by atoms with Crippen LogP contribution in [0.2, 0.25) is 10.0 Å². The number of para-hydroxylation sites is 1. The van der Waals surface area contributed by atoms with E-state index in [1.165, 1.54) is 22.3 Å². The van der Waals surface area contributed by atoms with Crippen molar-refractivity contribution >= 4 is 80.6 Å². The van der Waals surface area contributed by atoms with Crippen LogP contribution in [-0.2, 0) is 16.2 Å². The lowest BCUT2D eigenvalue weighted by molar-refractivity contribution is -0.122. The van der Waals surface area contributed by atoms with E-state index in [0.717, 1.165) is 22.2 Å². The number of benzene rings is 3. The normalized spacial score (nSPS) is 11.0. The highest BCUT2D eigenvalue weighted by atomic mass is 35.5. The van der Waals surface area contributed by atoms with E-state index >= 15 is 0 Å². The fraction of sp³-hybridized carbons (Fsp3) is 0.118. The largest absolute Gasteiger partial charge is 0.487 e. The second kappa shape index (κ2) is 14.4. The number of nitrogens with one attached hydrogen (secondary N) is 2. The van der Waals surface area contributed by atoms with Crippen molar-refractivity contribution in [3.8, 4) is 5.75 Å². The van der Waals surface area contributed by atoms with Crippen molar-refractivity contribution in [1.29, 1.82) is 0 Å². The number of aryl methyl sites for hydroxylation is 1. The second-order valence-electron chi connectivity index (χ2n) is 10.0. The number of hydrogen-bond acceptors (Lipinski definition) is 6. The van der Waals surface area contributed by atoms with Gasteiger partial charge in [0, 0.05) is 45.9 Å². The van der Waals surface area contributed by atoms with Crippen LogP contribution >= 0.6 is 34.5 Å². The quantitative estimate of drug-likeness (QED) is 0.151. The fourth-order valence-corrected chi connectivity index (χ4v) is 5.62. The van der Waals surface area contributed by atoms with Crippen LogP contribution in [0.5, 0.6) is 5.75 Å². The molecule has 3 amide bonds. The minimum Gasteiger partial charge on any atom is -0.487 e. The average Bonchev–Trinajstić information content (AvgIpc) is 3.59. The first-order valence-electron chi connectivity index (χ1n) is 13.8. The van der Waals surface area contributed by atoms with Crippen molar-refractivity contribution in [2.75, 3.05) is 23.8 Å². The summed E-state index contributed by atoms with van der Waals surface area (Å²) >= 11 is 14.6. The first-order valence-corrected chi connectivity index (χ1v) is 15.5. The number of hydrogen-bond donors (Lipinski definition) is 2. The number of thiophene rings is 1. The van der Waals surface area contributed by atoms with Gasteiger partial charge < -0.3 is 20.3 Å². The molecule has 0 fully saturated rings. The predicted octanol–water partition coefficient (Wildman–Crippen LogP) is 7.54. The van der Waals surface area contributed by atoms with Gasteiger partial charge in [0.1, 0.15) is 17.9 Å². The maximum Gasteiger partial charge on any atom is 0.256 e. The smallest absolute Gasteiger partial charge is 0.256 e. The zero-order chi connectivity index (χ0) is 31.9. The molecule has 0 aliphatic carbocycles. The van der Waals surface area contributed by atoms with Crippen LogP contribution in [0.1, 0.15) is 27.2 Å². The molecule has 11 heteroatoms. The summed E-state index contributed by atoms with van der Waals surface area (Å²) in [5.74, 6) is -0.425. The summed E-state index contributed by atoms with van der Waals surface area (Å²) in [6.07, 6.45) is 2.95. The molecule has 2 aromatic heterocycles. The number of carbonyl (C=O) groups is 3. The fourth-order valence-electron chi connectivity index (χ4n) is 4.38. The summed E-state index contributed by atoms with van der Waals surface area (Å²) in [6, 6.07) is 21.7.